The Kier molecular flexibility index (Phi) is 3.94. The van der Waals surface area contributed by atoms with E-state index < -0.39 is 0 Å². The third-order valence-corrected chi connectivity index (χ3v) is 0.876. The second-order valence-corrected chi connectivity index (χ2v) is 1.44. The Hall–Kier alpha value is -0.790. The van der Waals surface area contributed by atoms with E-state index in [1.165, 1.54) is 0 Å². The molecule has 0 heterocycles. The Bertz CT molecular complexity index is 94.7. The van der Waals surface area contributed by atoms with E-state index in [-0.39, 0.29) is 0 Å². The average Bonchev–Trinajstić information content (AvgIpc) is 1.83. The molecule has 0 aliphatic heterocycles. The molecule has 8 heavy (non-hydrogen) atoms. The second kappa shape index (κ2) is 4.37. The van der Waals surface area contributed by atoms with Gasteiger partial charge in [-0.25, -0.2) is 0 Å². The van der Waals surface area contributed by atoms with Crippen LogP contribution in [0.2, 0.25) is 0 Å². The molecule has 0 unspecified atom stereocenters. The molecular weight excluding hydrogens is 100 g/mol. The fourth-order valence-electron chi connectivity index (χ4n) is 0.426. The quantitative estimate of drug-likeness (QED) is 0.544. The molecule has 0 rings (SSSR count). The number of aliphatic imine (C=N–C) groups is 1. The first-order valence-corrected chi connectivity index (χ1v) is 2.68. The zero-order valence-corrected chi connectivity index (χ0v) is 5.44. The van der Waals surface area contributed by atoms with Crippen LogP contribution in [0.3, 0.4) is 0 Å². The molecule has 0 atom stereocenters. The summed E-state index contributed by atoms with van der Waals surface area (Å²) in [7, 11) is 1.85. The summed E-state index contributed by atoms with van der Waals surface area (Å²) in [6, 6.07) is 0. The fraction of sp³-hybridized carbons (Fsp3) is 0.500. The molecule has 0 saturated heterocycles. The van der Waals surface area contributed by atoms with Gasteiger partial charge in [0.1, 0.15) is 0 Å². The van der Waals surface area contributed by atoms with Crippen LogP contribution < -0.4 is 5.32 Å². The largest absolute Gasteiger partial charge is 0.393 e. The zero-order valence-electron chi connectivity index (χ0n) is 5.44. The monoisotopic (exact) mass is 112 g/mol. The molecule has 0 fully saturated rings. The molecule has 0 aromatic heterocycles. The van der Waals surface area contributed by atoms with Gasteiger partial charge < -0.3 is 5.32 Å². The Balaban J connectivity index is 3.66. The number of hydrogen-bond donors (Lipinski definition) is 1. The minimum absolute atomic E-state index is 0.935. The van der Waals surface area contributed by atoms with Crippen LogP contribution in [-0.4, -0.2) is 13.8 Å². The Morgan fingerprint density at radius 1 is 1.88 bits per heavy atom. The standard InChI is InChI=1S/C6H12N2/c1-4-6(8-3)5-7-2/h5,7H,3-4H2,1-2H3/b6-5-. The summed E-state index contributed by atoms with van der Waals surface area (Å²) in [6.45, 7) is 5.43. The van der Waals surface area contributed by atoms with Gasteiger partial charge in [0.05, 0.1) is 5.70 Å². The van der Waals surface area contributed by atoms with Crippen molar-refractivity contribution in [3.8, 4) is 0 Å². The maximum absolute atomic E-state index is 3.74. The molecule has 0 radical (unpaired) electrons. The van der Waals surface area contributed by atoms with Crippen molar-refractivity contribution in [2.75, 3.05) is 7.05 Å². The minimum Gasteiger partial charge on any atom is -0.393 e. The molecular formula is C6H12N2. The molecule has 2 heteroatoms. The summed E-state index contributed by atoms with van der Waals surface area (Å²) in [5, 5.41) is 2.87. The van der Waals surface area contributed by atoms with Gasteiger partial charge in [0.25, 0.3) is 0 Å². The summed E-state index contributed by atoms with van der Waals surface area (Å²) in [5.74, 6) is 0. The normalized spacial score (nSPS) is 11.0. The van der Waals surface area contributed by atoms with Crippen molar-refractivity contribution < 1.29 is 0 Å². The molecule has 0 aromatic rings. The lowest BCUT2D eigenvalue weighted by Crippen LogP contribution is -1.93. The maximum Gasteiger partial charge on any atom is 0.0549 e. The topological polar surface area (TPSA) is 24.4 Å². The predicted molar refractivity (Wildman–Crippen MR) is 37.0 cm³/mol. The molecule has 0 saturated carbocycles. The van der Waals surface area contributed by atoms with Crippen molar-refractivity contribution in [2.24, 2.45) is 4.99 Å². The Morgan fingerprint density at radius 3 is 2.62 bits per heavy atom. The highest BCUT2D eigenvalue weighted by molar-refractivity contribution is 5.28. The first-order chi connectivity index (χ1) is 3.85. The number of nitrogens with zero attached hydrogens (tertiary/aromatic N) is 1. The van der Waals surface area contributed by atoms with E-state index in [9.17, 15) is 0 Å². The van der Waals surface area contributed by atoms with Crippen LogP contribution in [0.4, 0.5) is 0 Å². The molecule has 2 nitrogen and oxygen atoms in total. The highest BCUT2D eigenvalue weighted by atomic mass is 14.8. The lowest BCUT2D eigenvalue weighted by molar-refractivity contribution is 0.996. The smallest absolute Gasteiger partial charge is 0.0549 e. The highest BCUT2D eigenvalue weighted by Crippen LogP contribution is 1.96. The van der Waals surface area contributed by atoms with Crippen LogP contribution in [0.15, 0.2) is 16.9 Å². The van der Waals surface area contributed by atoms with Crippen molar-refractivity contribution in [3.05, 3.63) is 11.9 Å². The van der Waals surface area contributed by atoms with Crippen LogP contribution in [0.5, 0.6) is 0 Å². The second-order valence-electron chi connectivity index (χ2n) is 1.44. The van der Waals surface area contributed by atoms with Crippen LogP contribution >= 0.6 is 0 Å². The van der Waals surface area contributed by atoms with Gasteiger partial charge in [-0.05, 0) is 13.1 Å². The summed E-state index contributed by atoms with van der Waals surface area (Å²) in [5.41, 5.74) is 0.993. The highest BCUT2D eigenvalue weighted by Gasteiger charge is 1.81. The SMILES string of the molecule is C=N/C(=C\NC)CC. The number of allylic oxidation sites excluding steroid dienone is 1. The molecule has 0 aromatic carbocycles. The van der Waals surface area contributed by atoms with Gasteiger partial charge in [0.2, 0.25) is 0 Å². The van der Waals surface area contributed by atoms with Gasteiger partial charge in [-0.15, -0.1) is 0 Å². The van der Waals surface area contributed by atoms with E-state index in [1.807, 2.05) is 20.2 Å². The van der Waals surface area contributed by atoms with Crippen LogP contribution in [-0.2, 0) is 0 Å². The molecule has 46 valence electrons. The van der Waals surface area contributed by atoms with E-state index in [2.05, 4.69) is 17.0 Å². The molecule has 0 aliphatic rings. The van der Waals surface area contributed by atoms with Crippen molar-refractivity contribution in [1.82, 2.24) is 5.32 Å². The van der Waals surface area contributed by atoms with Gasteiger partial charge >= 0.3 is 0 Å². The van der Waals surface area contributed by atoms with E-state index >= 15 is 0 Å². The fourth-order valence-corrected chi connectivity index (χ4v) is 0.426. The van der Waals surface area contributed by atoms with Gasteiger partial charge in [-0.3, -0.25) is 4.99 Å². The van der Waals surface area contributed by atoms with Gasteiger partial charge in [-0.1, -0.05) is 6.92 Å². The predicted octanol–water partition coefficient (Wildman–Crippen LogP) is 1.16. The van der Waals surface area contributed by atoms with Crippen molar-refractivity contribution in [1.29, 1.82) is 0 Å². The van der Waals surface area contributed by atoms with E-state index in [4.69, 9.17) is 0 Å². The summed E-state index contributed by atoms with van der Waals surface area (Å²) < 4.78 is 0. The lowest BCUT2D eigenvalue weighted by atomic mass is 10.4. The van der Waals surface area contributed by atoms with Crippen LogP contribution in [0.25, 0.3) is 0 Å². The van der Waals surface area contributed by atoms with E-state index in [0.717, 1.165) is 12.1 Å². The zero-order chi connectivity index (χ0) is 6.41. The van der Waals surface area contributed by atoms with E-state index in [1.54, 1.807) is 0 Å². The first-order valence-electron chi connectivity index (χ1n) is 2.68. The van der Waals surface area contributed by atoms with Crippen molar-refractivity contribution in [3.63, 3.8) is 0 Å². The maximum atomic E-state index is 3.74. The van der Waals surface area contributed by atoms with Gasteiger partial charge in [0, 0.05) is 13.2 Å². The average molecular weight is 112 g/mol. The number of rotatable bonds is 3. The third kappa shape index (κ3) is 2.39. The lowest BCUT2D eigenvalue weighted by Gasteiger charge is -1.92. The summed E-state index contributed by atoms with van der Waals surface area (Å²) in [4.78, 5) is 3.74. The number of nitrogens with one attached hydrogen (secondary N) is 1. The first kappa shape index (κ1) is 7.21. The molecule has 0 aliphatic carbocycles. The van der Waals surface area contributed by atoms with Crippen LogP contribution in [0, 0.1) is 0 Å². The molecule has 0 spiro atoms. The van der Waals surface area contributed by atoms with Crippen molar-refractivity contribution >= 4 is 6.72 Å². The molecule has 0 amide bonds. The van der Waals surface area contributed by atoms with E-state index in [0.29, 0.717) is 0 Å². The molecule has 0 bridgehead atoms. The number of hydrogen-bond acceptors (Lipinski definition) is 2. The summed E-state index contributed by atoms with van der Waals surface area (Å²) >= 11 is 0. The van der Waals surface area contributed by atoms with Crippen LogP contribution in [0.1, 0.15) is 13.3 Å². The minimum atomic E-state index is 0.935. The Labute approximate surface area is 50.3 Å². The third-order valence-electron chi connectivity index (χ3n) is 0.876. The summed E-state index contributed by atoms with van der Waals surface area (Å²) in [6.07, 6.45) is 2.78. The Morgan fingerprint density at radius 2 is 2.50 bits per heavy atom. The van der Waals surface area contributed by atoms with Gasteiger partial charge in [-0.2, -0.15) is 0 Å². The van der Waals surface area contributed by atoms with Crippen molar-refractivity contribution in [2.45, 2.75) is 13.3 Å². The van der Waals surface area contributed by atoms with Gasteiger partial charge in [0.15, 0.2) is 0 Å². The molecule has 1 N–H and O–H groups in total.